The van der Waals surface area contributed by atoms with Crippen LogP contribution in [0.1, 0.15) is 5.69 Å². The average molecular weight is 385 g/mol. The largest absolute Gasteiger partial charge is 0.444 e. The fourth-order valence-corrected chi connectivity index (χ4v) is 3.78. The van der Waals surface area contributed by atoms with Crippen LogP contribution in [-0.4, -0.2) is 46.1 Å². The molecule has 0 atom stereocenters. The molecule has 0 bridgehead atoms. The van der Waals surface area contributed by atoms with Gasteiger partial charge in [-0.05, 0) is 24.3 Å². The third kappa shape index (κ3) is 4.57. The minimum absolute atomic E-state index is 0.276. The molecule has 6 nitrogen and oxygen atoms in total. The van der Waals surface area contributed by atoms with Crippen LogP contribution in [0.2, 0.25) is 0 Å². The molecule has 3 heterocycles. The van der Waals surface area contributed by atoms with Gasteiger partial charge in [0.1, 0.15) is 30.0 Å². The van der Waals surface area contributed by atoms with Gasteiger partial charge in [-0.2, -0.15) is 11.8 Å². The van der Waals surface area contributed by atoms with E-state index in [0.29, 0.717) is 18.9 Å². The van der Waals surface area contributed by atoms with Gasteiger partial charge in [-0.25, -0.2) is 19.3 Å². The molecule has 0 aliphatic carbocycles. The van der Waals surface area contributed by atoms with Crippen molar-refractivity contribution in [3.05, 3.63) is 54.4 Å². The Kier molecular flexibility index (Phi) is 5.53. The normalized spacial score (nSPS) is 14.3. The van der Waals surface area contributed by atoms with E-state index in [-0.39, 0.29) is 5.82 Å². The van der Waals surface area contributed by atoms with Crippen molar-refractivity contribution in [2.45, 2.75) is 6.42 Å². The molecule has 0 unspecified atom stereocenters. The standard InChI is InChI=1S/C19H20FN5OS/c20-15-3-1-14(2-4-15)19-24-16(12-26-19)5-6-21-17-11-18(23-13-22-17)25-7-9-27-10-8-25/h1-4,11-13H,5-10H2,(H,21,22,23). The monoisotopic (exact) mass is 385 g/mol. The molecule has 2 aromatic heterocycles. The van der Waals surface area contributed by atoms with E-state index in [0.717, 1.165) is 47.5 Å². The van der Waals surface area contributed by atoms with Crippen molar-refractivity contribution in [2.75, 3.05) is 41.4 Å². The summed E-state index contributed by atoms with van der Waals surface area (Å²) in [6.07, 6.45) is 3.93. The quantitative estimate of drug-likeness (QED) is 0.697. The summed E-state index contributed by atoms with van der Waals surface area (Å²) >= 11 is 1.97. The fraction of sp³-hybridized carbons (Fsp3) is 0.316. The first-order chi connectivity index (χ1) is 13.3. The number of hydrogen-bond acceptors (Lipinski definition) is 7. The molecule has 0 amide bonds. The molecule has 0 radical (unpaired) electrons. The Morgan fingerprint density at radius 3 is 2.78 bits per heavy atom. The zero-order chi connectivity index (χ0) is 18.5. The van der Waals surface area contributed by atoms with Crippen LogP contribution in [-0.2, 0) is 6.42 Å². The van der Waals surface area contributed by atoms with E-state index in [1.165, 1.54) is 12.1 Å². The van der Waals surface area contributed by atoms with Gasteiger partial charge in [0.25, 0.3) is 0 Å². The van der Waals surface area contributed by atoms with Crippen molar-refractivity contribution in [1.29, 1.82) is 0 Å². The van der Waals surface area contributed by atoms with E-state index in [2.05, 4.69) is 25.2 Å². The minimum Gasteiger partial charge on any atom is -0.444 e. The molecule has 1 saturated heterocycles. The van der Waals surface area contributed by atoms with Crippen molar-refractivity contribution < 1.29 is 8.81 Å². The smallest absolute Gasteiger partial charge is 0.226 e. The third-order valence-electron chi connectivity index (χ3n) is 4.32. The Labute approximate surface area is 161 Å². The molecular weight excluding hydrogens is 365 g/mol. The molecule has 8 heteroatoms. The molecule has 4 rings (SSSR count). The number of nitrogens with one attached hydrogen (secondary N) is 1. The molecule has 0 spiro atoms. The van der Waals surface area contributed by atoms with Crippen LogP contribution in [0.15, 0.2) is 47.3 Å². The van der Waals surface area contributed by atoms with Crippen LogP contribution >= 0.6 is 11.8 Å². The third-order valence-corrected chi connectivity index (χ3v) is 5.26. The second-order valence-electron chi connectivity index (χ2n) is 6.19. The molecule has 27 heavy (non-hydrogen) atoms. The van der Waals surface area contributed by atoms with E-state index >= 15 is 0 Å². The van der Waals surface area contributed by atoms with Gasteiger partial charge in [0.15, 0.2) is 0 Å². The lowest BCUT2D eigenvalue weighted by Crippen LogP contribution is -2.33. The van der Waals surface area contributed by atoms with Gasteiger partial charge in [-0.1, -0.05) is 0 Å². The number of aromatic nitrogens is 3. The predicted octanol–water partition coefficient (Wildman–Crippen LogP) is 3.48. The lowest BCUT2D eigenvalue weighted by Gasteiger charge is -2.27. The van der Waals surface area contributed by atoms with Crippen LogP contribution in [0.4, 0.5) is 16.0 Å². The minimum atomic E-state index is -0.276. The first kappa shape index (κ1) is 17.8. The Morgan fingerprint density at radius 2 is 1.96 bits per heavy atom. The SMILES string of the molecule is Fc1ccc(-c2nc(CCNc3cc(N4CCSCC4)ncn3)co2)cc1. The second kappa shape index (κ2) is 8.39. The maximum atomic E-state index is 13.0. The highest BCUT2D eigenvalue weighted by Crippen LogP contribution is 2.20. The van der Waals surface area contributed by atoms with Gasteiger partial charge in [-0.3, -0.25) is 0 Å². The fourth-order valence-electron chi connectivity index (χ4n) is 2.87. The highest BCUT2D eigenvalue weighted by Gasteiger charge is 2.13. The first-order valence-corrected chi connectivity index (χ1v) is 10.0. The van der Waals surface area contributed by atoms with Crippen molar-refractivity contribution in [1.82, 2.24) is 15.0 Å². The summed E-state index contributed by atoms with van der Waals surface area (Å²) in [5.74, 6) is 4.26. The van der Waals surface area contributed by atoms with Crippen molar-refractivity contribution >= 4 is 23.4 Å². The molecule has 3 aromatic rings. The summed E-state index contributed by atoms with van der Waals surface area (Å²) in [6, 6.07) is 8.10. The van der Waals surface area contributed by atoms with Crippen LogP contribution in [0.5, 0.6) is 0 Å². The molecule has 1 fully saturated rings. The number of thioether (sulfide) groups is 1. The van der Waals surface area contributed by atoms with Gasteiger partial charge >= 0.3 is 0 Å². The summed E-state index contributed by atoms with van der Waals surface area (Å²) in [4.78, 5) is 15.4. The zero-order valence-electron chi connectivity index (χ0n) is 14.8. The summed E-state index contributed by atoms with van der Waals surface area (Å²) in [7, 11) is 0. The maximum absolute atomic E-state index is 13.0. The summed E-state index contributed by atoms with van der Waals surface area (Å²) in [5.41, 5.74) is 1.60. The molecule has 140 valence electrons. The Bertz CT molecular complexity index is 880. The second-order valence-corrected chi connectivity index (χ2v) is 7.41. The van der Waals surface area contributed by atoms with Gasteiger partial charge in [0.05, 0.1) is 5.69 Å². The topological polar surface area (TPSA) is 67.1 Å². The lowest BCUT2D eigenvalue weighted by atomic mass is 10.2. The van der Waals surface area contributed by atoms with Crippen LogP contribution in [0.3, 0.4) is 0 Å². The molecule has 1 aliphatic heterocycles. The van der Waals surface area contributed by atoms with Crippen LogP contribution in [0.25, 0.3) is 11.5 Å². The van der Waals surface area contributed by atoms with Crippen LogP contribution in [0, 0.1) is 5.82 Å². The first-order valence-electron chi connectivity index (χ1n) is 8.87. The van der Waals surface area contributed by atoms with Crippen molar-refractivity contribution in [2.24, 2.45) is 0 Å². The summed E-state index contributed by atoms with van der Waals surface area (Å²) in [6.45, 7) is 2.72. The molecular formula is C19H20FN5OS. The lowest BCUT2D eigenvalue weighted by molar-refractivity contribution is 0.572. The Morgan fingerprint density at radius 1 is 1.15 bits per heavy atom. The van der Waals surface area contributed by atoms with Crippen LogP contribution < -0.4 is 10.2 Å². The van der Waals surface area contributed by atoms with E-state index < -0.39 is 0 Å². The van der Waals surface area contributed by atoms with E-state index in [1.807, 2.05) is 17.8 Å². The summed E-state index contributed by atoms with van der Waals surface area (Å²) < 4.78 is 18.5. The highest BCUT2D eigenvalue weighted by molar-refractivity contribution is 7.99. The van der Waals surface area contributed by atoms with Crippen molar-refractivity contribution in [3.63, 3.8) is 0 Å². The highest BCUT2D eigenvalue weighted by atomic mass is 32.2. The summed E-state index contributed by atoms with van der Waals surface area (Å²) in [5, 5.41) is 3.31. The Balaban J connectivity index is 1.33. The van der Waals surface area contributed by atoms with E-state index in [4.69, 9.17) is 4.42 Å². The maximum Gasteiger partial charge on any atom is 0.226 e. The van der Waals surface area contributed by atoms with E-state index in [1.54, 1.807) is 24.7 Å². The average Bonchev–Trinajstić information content (AvgIpc) is 3.18. The van der Waals surface area contributed by atoms with Crippen molar-refractivity contribution in [3.8, 4) is 11.5 Å². The van der Waals surface area contributed by atoms with E-state index in [9.17, 15) is 4.39 Å². The number of anilines is 2. The number of oxazole rings is 1. The number of rotatable bonds is 6. The molecule has 1 aromatic carbocycles. The van der Waals surface area contributed by atoms with Gasteiger partial charge in [0.2, 0.25) is 5.89 Å². The molecule has 1 aliphatic rings. The molecule has 1 N–H and O–H groups in total. The zero-order valence-corrected chi connectivity index (χ0v) is 15.6. The predicted molar refractivity (Wildman–Crippen MR) is 106 cm³/mol. The van der Waals surface area contributed by atoms with Gasteiger partial charge < -0.3 is 14.6 Å². The van der Waals surface area contributed by atoms with Gasteiger partial charge in [0, 0.05) is 49.2 Å². The Hall–Kier alpha value is -2.61. The number of halogens is 1. The number of hydrogen-bond donors (Lipinski definition) is 1. The van der Waals surface area contributed by atoms with Gasteiger partial charge in [-0.15, -0.1) is 0 Å². The number of nitrogens with zero attached hydrogens (tertiary/aromatic N) is 4. The molecule has 0 saturated carbocycles. The number of benzene rings is 1.